The summed E-state index contributed by atoms with van der Waals surface area (Å²) in [5.74, 6) is -1.12. The molecule has 1 aromatic carbocycles. The number of rotatable bonds is 3. The van der Waals surface area contributed by atoms with Gasteiger partial charge in [-0.3, -0.25) is 0 Å². The van der Waals surface area contributed by atoms with E-state index in [2.05, 4.69) is 11.1 Å². The van der Waals surface area contributed by atoms with Gasteiger partial charge < -0.3 is 14.3 Å². The van der Waals surface area contributed by atoms with Gasteiger partial charge in [-0.2, -0.15) is 4.98 Å². The quantitative estimate of drug-likeness (QED) is 0.917. The van der Waals surface area contributed by atoms with Crippen LogP contribution in [0.1, 0.15) is 40.6 Å². The zero-order valence-corrected chi connectivity index (χ0v) is 10.2. The lowest BCUT2D eigenvalue weighted by atomic mass is 9.89. The fraction of sp³-hybridized carbons (Fsp3) is 0.286. The predicted octanol–water partition coefficient (Wildman–Crippen LogP) is 2.83. The summed E-state index contributed by atoms with van der Waals surface area (Å²) in [7, 11) is 0. The van der Waals surface area contributed by atoms with Gasteiger partial charge in [0.1, 0.15) is 12.4 Å². The van der Waals surface area contributed by atoms with Crippen molar-refractivity contribution in [1.82, 2.24) is 4.98 Å². The van der Waals surface area contributed by atoms with Gasteiger partial charge in [0.15, 0.2) is 5.69 Å². The highest BCUT2D eigenvalue weighted by Crippen LogP contribution is 2.33. The second-order valence-electron chi connectivity index (χ2n) is 4.50. The van der Waals surface area contributed by atoms with E-state index in [-0.39, 0.29) is 17.9 Å². The number of ether oxygens (including phenoxy) is 1. The molecule has 1 atom stereocenters. The molecule has 5 nitrogen and oxygen atoms in total. The van der Waals surface area contributed by atoms with Crippen molar-refractivity contribution in [2.45, 2.75) is 25.4 Å². The Hall–Kier alpha value is -2.30. The van der Waals surface area contributed by atoms with Gasteiger partial charge in [-0.25, -0.2) is 4.79 Å². The number of aryl methyl sites for hydroxylation is 1. The number of carboxylic acids is 1. The third-order valence-electron chi connectivity index (χ3n) is 3.26. The van der Waals surface area contributed by atoms with Crippen LogP contribution >= 0.6 is 0 Å². The van der Waals surface area contributed by atoms with E-state index in [0.717, 1.165) is 31.1 Å². The summed E-state index contributed by atoms with van der Waals surface area (Å²) in [5, 5.41) is 8.78. The molecule has 2 aromatic rings. The van der Waals surface area contributed by atoms with Crippen molar-refractivity contribution in [2.24, 2.45) is 0 Å². The molecule has 3 rings (SSSR count). The Kier molecular flexibility index (Phi) is 2.95. The highest BCUT2D eigenvalue weighted by Gasteiger charge is 2.23. The zero-order valence-electron chi connectivity index (χ0n) is 10.2. The summed E-state index contributed by atoms with van der Waals surface area (Å²) < 4.78 is 10.7. The largest absolute Gasteiger partial charge is 0.476 e. The number of aromatic nitrogens is 1. The van der Waals surface area contributed by atoms with Gasteiger partial charge in [0.05, 0.1) is 0 Å². The summed E-state index contributed by atoms with van der Waals surface area (Å²) in [4.78, 5) is 14.5. The summed E-state index contributed by atoms with van der Waals surface area (Å²) >= 11 is 0. The molecule has 19 heavy (non-hydrogen) atoms. The van der Waals surface area contributed by atoms with E-state index < -0.39 is 5.97 Å². The Bertz CT molecular complexity index is 605. The van der Waals surface area contributed by atoms with E-state index in [1.165, 1.54) is 5.56 Å². The highest BCUT2D eigenvalue weighted by atomic mass is 16.6. The number of fused-ring (bicyclic) bond motifs is 1. The van der Waals surface area contributed by atoms with Crippen molar-refractivity contribution in [3.8, 4) is 6.08 Å². The van der Waals surface area contributed by atoms with E-state index in [4.69, 9.17) is 14.3 Å². The third-order valence-corrected chi connectivity index (χ3v) is 3.26. The second-order valence-corrected chi connectivity index (χ2v) is 4.50. The van der Waals surface area contributed by atoms with Crippen LogP contribution in [-0.4, -0.2) is 16.1 Å². The maximum Gasteiger partial charge on any atom is 0.394 e. The van der Waals surface area contributed by atoms with Crippen LogP contribution in [0, 0.1) is 0 Å². The SMILES string of the molecule is O=C(O)c1coc(OC2CCCc3ccccc32)n1. The van der Waals surface area contributed by atoms with Gasteiger partial charge in [0.25, 0.3) is 0 Å². The molecule has 0 saturated heterocycles. The molecule has 0 radical (unpaired) electrons. The van der Waals surface area contributed by atoms with Crippen LogP contribution in [-0.2, 0) is 6.42 Å². The van der Waals surface area contributed by atoms with Crippen molar-refractivity contribution < 1.29 is 19.1 Å². The van der Waals surface area contributed by atoms with Crippen molar-refractivity contribution in [2.75, 3.05) is 0 Å². The van der Waals surface area contributed by atoms with Crippen LogP contribution in [0.3, 0.4) is 0 Å². The van der Waals surface area contributed by atoms with Crippen LogP contribution in [0.5, 0.6) is 6.08 Å². The first kappa shape index (κ1) is 11.8. The first-order valence-electron chi connectivity index (χ1n) is 6.17. The molecular weight excluding hydrogens is 246 g/mol. The normalized spacial score (nSPS) is 17.8. The monoisotopic (exact) mass is 259 g/mol. The summed E-state index contributed by atoms with van der Waals surface area (Å²) in [6, 6.07) is 8.09. The average Bonchev–Trinajstić information content (AvgIpc) is 2.88. The number of hydrogen-bond acceptors (Lipinski definition) is 4. The lowest BCUT2D eigenvalue weighted by molar-refractivity contribution is 0.0689. The summed E-state index contributed by atoms with van der Waals surface area (Å²) in [6.45, 7) is 0. The molecule has 0 aliphatic heterocycles. The summed E-state index contributed by atoms with van der Waals surface area (Å²) in [5.41, 5.74) is 2.26. The molecule has 0 spiro atoms. The molecule has 1 aliphatic rings. The molecule has 5 heteroatoms. The van der Waals surface area contributed by atoms with E-state index >= 15 is 0 Å². The number of aromatic carboxylic acids is 1. The van der Waals surface area contributed by atoms with E-state index in [1.54, 1.807) is 0 Å². The maximum absolute atomic E-state index is 10.7. The number of carbonyl (C=O) groups is 1. The van der Waals surface area contributed by atoms with Gasteiger partial charge in [0.2, 0.25) is 0 Å². The molecule has 1 unspecified atom stereocenters. The van der Waals surface area contributed by atoms with E-state index in [0.29, 0.717) is 0 Å². The van der Waals surface area contributed by atoms with Crippen LogP contribution in [0.4, 0.5) is 0 Å². The van der Waals surface area contributed by atoms with Gasteiger partial charge >= 0.3 is 12.0 Å². The van der Waals surface area contributed by atoms with Gasteiger partial charge in [-0.1, -0.05) is 24.3 Å². The fourth-order valence-electron chi connectivity index (χ4n) is 2.36. The lowest BCUT2D eigenvalue weighted by Gasteiger charge is -2.24. The number of carboxylic acid groups (broad SMARTS) is 1. The van der Waals surface area contributed by atoms with Crippen molar-refractivity contribution in [1.29, 1.82) is 0 Å². The first-order valence-corrected chi connectivity index (χ1v) is 6.17. The number of oxazole rings is 1. The van der Waals surface area contributed by atoms with Crippen LogP contribution < -0.4 is 4.74 Å². The molecule has 1 heterocycles. The van der Waals surface area contributed by atoms with Crippen molar-refractivity contribution in [3.05, 3.63) is 47.3 Å². The Labute approximate surface area is 109 Å². The van der Waals surface area contributed by atoms with Gasteiger partial charge in [-0.15, -0.1) is 0 Å². The van der Waals surface area contributed by atoms with Crippen molar-refractivity contribution in [3.63, 3.8) is 0 Å². The highest BCUT2D eigenvalue weighted by molar-refractivity contribution is 5.84. The standard InChI is InChI=1S/C14H13NO4/c16-13(17)11-8-18-14(15-11)19-12-7-3-5-9-4-1-2-6-10(9)12/h1-2,4,6,8,12H,3,5,7H2,(H,16,17). The lowest BCUT2D eigenvalue weighted by Crippen LogP contribution is -2.15. The van der Waals surface area contributed by atoms with Gasteiger partial charge in [0, 0.05) is 0 Å². The minimum atomic E-state index is -1.12. The van der Waals surface area contributed by atoms with Gasteiger partial charge in [-0.05, 0) is 30.4 Å². The number of nitrogens with zero attached hydrogens (tertiary/aromatic N) is 1. The third kappa shape index (κ3) is 2.31. The Morgan fingerprint density at radius 2 is 2.26 bits per heavy atom. The van der Waals surface area contributed by atoms with E-state index in [9.17, 15) is 4.79 Å². The molecule has 0 amide bonds. The Morgan fingerprint density at radius 3 is 3.05 bits per heavy atom. The van der Waals surface area contributed by atoms with Crippen LogP contribution in [0.25, 0.3) is 0 Å². The molecule has 0 fully saturated rings. The predicted molar refractivity (Wildman–Crippen MR) is 66.2 cm³/mol. The topological polar surface area (TPSA) is 72.6 Å². The molecular formula is C14H13NO4. The molecule has 0 bridgehead atoms. The van der Waals surface area contributed by atoms with Crippen LogP contribution in [0.2, 0.25) is 0 Å². The minimum absolute atomic E-state index is 0.0131. The Balaban J connectivity index is 1.82. The number of benzene rings is 1. The number of hydrogen-bond donors (Lipinski definition) is 1. The minimum Gasteiger partial charge on any atom is -0.476 e. The maximum atomic E-state index is 10.7. The smallest absolute Gasteiger partial charge is 0.394 e. The molecule has 1 N–H and O–H groups in total. The molecule has 98 valence electrons. The first-order chi connectivity index (χ1) is 9.24. The molecule has 0 saturated carbocycles. The average molecular weight is 259 g/mol. The van der Waals surface area contributed by atoms with E-state index in [1.807, 2.05) is 18.2 Å². The molecule has 1 aliphatic carbocycles. The Morgan fingerprint density at radius 1 is 1.42 bits per heavy atom. The second kappa shape index (κ2) is 4.76. The molecule has 1 aromatic heterocycles. The van der Waals surface area contributed by atoms with Crippen molar-refractivity contribution >= 4 is 5.97 Å². The zero-order chi connectivity index (χ0) is 13.2. The fourth-order valence-corrected chi connectivity index (χ4v) is 2.36. The summed E-state index contributed by atoms with van der Waals surface area (Å²) in [6.07, 6.45) is 3.94. The van der Waals surface area contributed by atoms with Crippen LogP contribution in [0.15, 0.2) is 34.9 Å².